The molecule has 2 aromatic rings. The molecule has 1 aromatic carbocycles. The Balaban J connectivity index is 2.58. The van der Waals surface area contributed by atoms with Gasteiger partial charge in [0.05, 0.1) is 18.3 Å². The normalized spacial score (nSPS) is 11.4. The summed E-state index contributed by atoms with van der Waals surface area (Å²) in [6, 6.07) is 3.08. The van der Waals surface area contributed by atoms with Crippen LogP contribution in [0.15, 0.2) is 34.3 Å². The molecule has 0 bridgehead atoms. The number of carbonyl (C=O) groups excluding carboxylic acids is 1. The molecule has 1 aromatic heterocycles. The van der Waals surface area contributed by atoms with E-state index in [1.807, 2.05) is 0 Å². The predicted molar refractivity (Wildman–Crippen MR) is 89.4 cm³/mol. The van der Waals surface area contributed by atoms with Gasteiger partial charge in [0.15, 0.2) is 4.90 Å². The number of methoxy groups -OCH3 is 1. The summed E-state index contributed by atoms with van der Waals surface area (Å²) < 4.78 is 45.5. The number of ether oxygens (including phenoxy) is 1. The Labute approximate surface area is 149 Å². The van der Waals surface area contributed by atoms with Gasteiger partial charge in [-0.1, -0.05) is 17.7 Å². The second kappa shape index (κ2) is 7.40. The molecule has 0 unspecified atom stereocenters. The highest BCUT2D eigenvalue weighted by Gasteiger charge is 2.32. The number of nitrogens with zero attached hydrogens (tertiary/aromatic N) is 3. The van der Waals surface area contributed by atoms with Crippen molar-refractivity contribution in [3.05, 3.63) is 35.2 Å². The standard InChI is InChI=1S/C15H17ClFN3O4S/c1-4-19(5-2)15(21)20-9-10(16)14(18-20)25(22,23)13-11(17)7-6-8-12(13)24-3/h6-9H,4-5H2,1-3H3. The maximum Gasteiger partial charge on any atom is 0.344 e. The summed E-state index contributed by atoms with van der Waals surface area (Å²) in [5.41, 5.74) is 0. The van der Waals surface area contributed by atoms with E-state index in [1.165, 1.54) is 24.1 Å². The van der Waals surface area contributed by atoms with E-state index in [-0.39, 0.29) is 10.8 Å². The Morgan fingerprint density at radius 3 is 2.56 bits per heavy atom. The second-order valence-electron chi connectivity index (χ2n) is 4.96. The fourth-order valence-corrected chi connectivity index (χ4v) is 4.14. The van der Waals surface area contributed by atoms with Crippen molar-refractivity contribution in [3.63, 3.8) is 0 Å². The van der Waals surface area contributed by atoms with Gasteiger partial charge in [-0.15, -0.1) is 0 Å². The van der Waals surface area contributed by atoms with Crippen molar-refractivity contribution < 1.29 is 22.3 Å². The second-order valence-corrected chi connectivity index (χ2v) is 7.17. The van der Waals surface area contributed by atoms with Crippen LogP contribution >= 0.6 is 11.6 Å². The smallest absolute Gasteiger partial charge is 0.344 e. The third kappa shape index (κ3) is 3.47. The lowest BCUT2D eigenvalue weighted by molar-refractivity contribution is 0.201. The van der Waals surface area contributed by atoms with Crippen molar-refractivity contribution >= 4 is 27.5 Å². The third-order valence-corrected chi connectivity index (χ3v) is 5.68. The Morgan fingerprint density at radius 1 is 1.36 bits per heavy atom. The first-order valence-corrected chi connectivity index (χ1v) is 9.26. The predicted octanol–water partition coefficient (Wildman–Crippen LogP) is 2.83. The molecule has 7 nitrogen and oxygen atoms in total. The van der Waals surface area contributed by atoms with E-state index >= 15 is 0 Å². The number of hydrogen-bond acceptors (Lipinski definition) is 5. The van der Waals surface area contributed by atoms with Gasteiger partial charge in [0, 0.05) is 13.1 Å². The quantitative estimate of drug-likeness (QED) is 0.785. The SMILES string of the molecule is CCN(CC)C(=O)n1cc(Cl)c(S(=O)(=O)c2c(F)cccc2OC)n1. The summed E-state index contributed by atoms with van der Waals surface area (Å²) in [5.74, 6) is -1.18. The first-order chi connectivity index (χ1) is 11.8. The van der Waals surface area contributed by atoms with Gasteiger partial charge < -0.3 is 9.64 Å². The van der Waals surface area contributed by atoms with Crippen LogP contribution in [0.5, 0.6) is 5.75 Å². The van der Waals surface area contributed by atoms with Gasteiger partial charge in [-0.25, -0.2) is 17.6 Å². The Hall–Kier alpha value is -2.13. The van der Waals surface area contributed by atoms with Crippen molar-refractivity contribution in [1.82, 2.24) is 14.7 Å². The molecule has 0 spiro atoms. The average molecular weight is 390 g/mol. The van der Waals surface area contributed by atoms with Crippen LogP contribution in [0.4, 0.5) is 9.18 Å². The zero-order valence-electron chi connectivity index (χ0n) is 13.9. The summed E-state index contributed by atoms with van der Waals surface area (Å²) in [7, 11) is -3.21. The molecule has 0 saturated carbocycles. The minimum absolute atomic E-state index is 0.180. The molecule has 136 valence electrons. The van der Waals surface area contributed by atoms with E-state index in [4.69, 9.17) is 16.3 Å². The molecule has 0 aliphatic carbocycles. The van der Waals surface area contributed by atoms with Crippen LogP contribution in [0.2, 0.25) is 5.02 Å². The molecule has 2 rings (SSSR count). The number of carbonyl (C=O) groups is 1. The lowest BCUT2D eigenvalue weighted by atomic mass is 10.3. The van der Waals surface area contributed by atoms with Gasteiger partial charge >= 0.3 is 6.03 Å². The van der Waals surface area contributed by atoms with Crippen molar-refractivity contribution in [2.24, 2.45) is 0 Å². The minimum atomic E-state index is -4.43. The molecule has 0 N–H and O–H groups in total. The zero-order chi connectivity index (χ0) is 18.8. The maximum atomic E-state index is 14.1. The van der Waals surface area contributed by atoms with E-state index in [9.17, 15) is 17.6 Å². The summed E-state index contributed by atoms with van der Waals surface area (Å²) in [6.07, 6.45) is 1.09. The van der Waals surface area contributed by atoms with Crippen molar-refractivity contribution in [2.75, 3.05) is 20.2 Å². The molecule has 0 radical (unpaired) electrons. The van der Waals surface area contributed by atoms with Crippen molar-refractivity contribution in [1.29, 1.82) is 0 Å². The highest BCUT2D eigenvalue weighted by Crippen LogP contribution is 2.33. The highest BCUT2D eigenvalue weighted by molar-refractivity contribution is 7.91. The largest absolute Gasteiger partial charge is 0.495 e. The molecule has 0 fully saturated rings. The number of rotatable bonds is 5. The Kier molecular flexibility index (Phi) is 5.69. The molecule has 0 aliphatic rings. The molecule has 1 heterocycles. The Bertz CT molecular complexity index is 894. The highest BCUT2D eigenvalue weighted by atomic mass is 35.5. The Morgan fingerprint density at radius 2 is 2.00 bits per heavy atom. The average Bonchev–Trinajstić information content (AvgIpc) is 2.98. The van der Waals surface area contributed by atoms with Gasteiger partial charge in [-0.3, -0.25) is 0 Å². The summed E-state index contributed by atoms with van der Waals surface area (Å²) >= 11 is 5.97. The molecule has 0 atom stereocenters. The van der Waals surface area contributed by atoms with Gasteiger partial charge in [0.1, 0.15) is 11.6 Å². The van der Waals surface area contributed by atoms with Gasteiger partial charge in [0.2, 0.25) is 14.9 Å². The van der Waals surface area contributed by atoms with E-state index in [0.717, 1.165) is 16.9 Å². The molecule has 1 amide bonds. The van der Waals surface area contributed by atoms with E-state index in [2.05, 4.69) is 5.10 Å². The first-order valence-electron chi connectivity index (χ1n) is 7.39. The van der Waals surface area contributed by atoms with E-state index < -0.39 is 31.6 Å². The topological polar surface area (TPSA) is 81.5 Å². The number of sulfone groups is 1. The lowest BCUT2D eigenvalue weighted by Crippen LogP contribution is -2.34. The number of aromatic nitrogens is 2. The molecule has 0 saturated heterocycles. The number of amides is 1. The van der Waals surface area contributed by atoms with Crippen LogP contribution in [-0.4, -0.2) is 49.3 Å². The molecule has 0 aliphatic heterocycles. The zero-order valence-corrected chi connectivity index (χ0v) is 15.4. The number of benzene rings is 1. The van der Waals surface area contributed by atoms with E-state index in [1.54, 1.807) is 13.8 Å². The summed E-state index contributed by atoms with van der Waals surface area (Å²) in [4.78, 5) is 13.1. The van der Waals surface area contributed by atoms with Crippen LogP contribution in [-0.2, 0) is 9.84 Å². The summed E-state index contributed by atoms with van der Waals surface area (Å²) in [5, 5.41) is 2.88. The van der Waals surface area contributed by atoms with Crippen molar-refractivity contribution in [3.8, 4) is 5.75 Å². The van der Waals surface area contributed by atoms with Crippen LogP contribution in [0.1, 0.15) is 13.8 Å². The van der Waals surface area contributed by atoms with E-state index in [0.29, 0.717) is 13.1 Å². The monoisotopic (exact) mass is 389 g/mol. The van der Waals surface area contributed by atoms with Gasteiger partial charge in [0.25, 0.3) is 0 Å². The molecular weight excluding hydrogens is 373 g/mol. The van der Waals surface area contributed by atoms with Gasteiger partial charge in [-0.2, -0.15) is 9.78 Å². The van der Waals surface area contributed by atoms with Crippen LogP contribution in [0.3, 0.4) is 0 Å². The van der Waals surface area contributed by atoms with Crippen LogP contribution in [0.25, 0.3) is 0 Å². The molecule has 25 heavy (non-hydrogen) atoms. The first kappa shape index (κ1) is 19.2. The lowest BCUT2D eigenvalue weighted by Gasteiger charge is -2.17. The number of halogens is 2. The van der Waals surface area contributed by atoms with Crippen LogP contribution in [0, 0.1) is 5.82 Å². The minimum Gasteiger partial charge on any atom is -0.495 e. The fraction of sp³-hybridized carbons (Fsp3) is 0.333. The third-order valence-electron chi connectivity index (χ3n) is 3.54. The summed E-state index contributed by atoms with van der Waals surface area (Å²) in [6.45, 7) is 4.37. The fourth-order valence-electron chi connectivity index (χ4n) is 2.26. The van der Waals surface area contributed by atoms with Crippen molar-refractivity contribution in [2.45, 2.75) is 23.8 Å². The number of hydrogen-bond donors (Lipinski definition) is 0. The van der Waals surface area contributed by atoms with Crippen LogP contribution < -0.4 is 4.74 Å². The van der Waals surface area contributed by atoms with Gasteiger partial charge in [-0.05, 0) is 26.0 Å². The maximum absolute atomic E-state index is 14.1. The molecular formula is C15H17ClFN3O4S. The molecule has 10 heteroatoms.